The second-order valence-electron chi connectivity index (χ2n) is 8.30. The van der Waals surface area contributed by atoms with Gasteiger partial charge in [-0.15, -0.1) is 0 Å². The summed E-state index contributed by atoms with van der Waals surface area (Å²) in [5.74, 6) is 0.456. The highest BCUT2D eigenvalue weighted by atomic mass is 16.7. The van der Waals surface area contributed by atoms with E-state index < -0.39 is 6.29 Å². The third-order valence-corrected chi connectivity index (χ3v) is 6.32. The van der Waals surface area contributed by atoms with E-state index in [9.17, 15) is 14.9 Å². The van der Waals surface area contributed by atoms with Crippen molar-refractivity contribution in [3.63, 3.8) is 0 Å². The fourth-order valence-corrected chi connectivity index (χ4v) is 4.58. The summed E-state index contributed by atoms with van der Waals surface area (Å²) in [4.78, 5) is 28.5. The van der Waals surface area contributed by atoms with Crippen molar-refractivity contribution in [2.45, 2.75) is 51.4 Å². The summed E-state index contributed by atoms with van der Waals surface area (Å²) in [6, 6.07) is 4.77. The van der Waals surface area contributed by atoms with Crippen molar-refractivity contribution in [1.29, 1.82) is 0 Å². The number of carbonyl (C=O) groups excluding carboxylic acids is 1. The predicted molar refractivity (Wildman–Crippen MR) is 108 cm³/mol. The highest BCUT2D eigenvalue weighted by molar-refractivity contribution is 5.96. The molecule has 1 amide bonds. The summed E-state index contributed by atoms with van der Waals surface area (Å²) in [7, 11) is 0. The first-order chi connectivity index (χ1) is 14.0. The number of anilines is 1. The smallest absolute Gasteiger partial charge is 0.293 e. The Labute approximate surface area is 170 Å². The van der Waals surface area contributed by atoms with Gasteiger partial charge in [0.1, 0.15) is 5.69 Å². The second-order valence-corrected chi connectivity index (χ2v) is 8.30. The van der Waals surface area contributed by atoms with Crippen LogP contribution in [0.1, 0.15) is 49.4 Å². The maximum atomic E-state index is 13.3. The molecular weight excluding hydrogens is 374 g/mol. The average molecular weight is 403 g/mol. The van der Waals surface area contributed by atoms with Crippen molar-refractivity contribution in [3.8, 4) is 0 Å². The number of hydrogen-bond donors (Lipinski definition) is 0. The fraction of sp³-hybridized carbons (Fsp3) is 0.667. The topological polar surface area (TPSA) is 85.2 Å². The largest absolute Gasteiger partial charge is 0.366 e. The molecule has 8 heteroatoms. The Morgan fingerprint density at radius 2 is 1.83 bits per heavy atom. The summed E-state index contributed by atoms with van der Waals surface area (Å²) in [5, 5.41) is 11.8. The molecule has 3 aliphatic heterocycles. The Hall–Kier alpha value is -2.19. The molecule has 29 heavy (non-hydrogen) atoms. The Morgan fingerprint density at radius 3 is 2.52 bits per heavy atom. The average Bonchev–Trinajstić information content (AvgIpc) is 3.28. The molecule has 3 saturated heterocycles. The number of nitro benzene ring substituents is 1. The van der Waals surface area contributed by atoms with E-state index in [0.29, 0.717) is 36.9 Å². The Kier molecular flexibility index (Phi) is 6.01. The molecule has 1 atom stereocenters. The fourth-order valence-electron chi connectivity index (χ4n) is 4.58. The van der Waals surface area contributed by atoms with E-state index in [-0.39, 0.29) is 22.6 Å². The van der Waals surface area contributed by atoms with E-state index in [0.717, 1.165) is 45.2 Å². The molecule has 1 aromatic carbocycles. The lowest BCUT2D eigenvalue weighted by Crippen LogP contribution is -2.50. The summed E-state index contributed by atoms with van der Waals surface area (Å²) in [6.45, 7) is 5.52. The van der Waals surface area contributed by atoms with Crippen molar-refractivity contribution in [2.75, 3.05) is 37.7 Å². The number of hydrogen-bond acceptors (Lipinski definition) is 6. The van der Waals surface area contributed by atoms with Crippen LogP contribution in [0.3, 0.4) is 0 Å². The van der Waals surface area contributed by atoms with Crippen LogP contribution in [-0.2, 0) is 9.47 Å². The summed E-state index contributed by atoms with van der Waals surface area (Å²) >= 11 is 0. The molecule has 1 unspecified atom stereocenters. The van der Waals surface area contributed by atoms with Crippen LogP contribution in [0.5, 0.6) is 0 Å². The molecule has 4 rings (SSSR count). The number of benzene rings is 1. The second kappa shape index (κ2) is 8.67. The third kappa shape index (κ3) is 4.23. The molecule has 3 aliphatic rings. The number of amides is 1. The van der Waals surface area contributed by atoms with Gasteiger partial charge in [0.2, 0.25) is 0 Å². The molecule has 0 spiro atoms. The van der Waals surface area contributed by atoms with Gasteiger partial charge in [-0.2, -0.15) is 0 Å². The van der Waals surface area contributed by atoms with Gasteiger partial charge < -0.3 is 19.3 Å². The van der Waals surface area contributed by atoms with E-state index in [4.69, 9.17) is 9.47 Å². The lowest BCUT2D eigenvalue weighted by molar-refractivity contribution is -0.384. The lowest BCUT2D eigenvalue weighted by atomic mass is 9.98. The van der Waals surface area contributed by atoms with Gasteiger partial charge in [-0.05, 0) is 50.2 Å². The summed E-state index contributed by atoms with van der Waals surface area (Å²) < 4.78 is 11.3. The quantitative estimate of drug-likeness (QED) is 0.567. The van der Waals surface area contributed by atoms with E-state index in [1.54, 1.807) is 17.0 Å². The van der Waals surface area contributed by atoms with Crippen LogP contribution in [0.2, 0.25) is 0 Å². The maximum absolute atomic E-state index is 13.3. The zero-order valence-electron chi connectivity index (χ0n) is 16.9. The Balaban J connectivity index is 1.58. The van der Waals surface area contributed by atoms with Crippen molar-refractivity contribution < 1.29 is 19.2 Å². The van der Waals surface area contributed by atoms with Crippen molar-refractivity contribution in [2.24, 2.45) is 5.92 Å². The first kappa shape index (κ1) is 20.1. The number of piperidine rings is 2. The molecule has 0 N–H and O–H groups in total. The lowest BCUT2D eigenvalue weighted by Gasteiger charge is -2.38. The van der Waals surface area contributed by atoms with Gasteiger partial charge in [-0.3, -0.25) is 14.9 Å². The molecule has 0 radical (unpaired) electrons. The SMILES string of the molecule is CC1CCN(c2ccc(C(=O)N3CCCCC3C3OCCO3)cc2[N+](=O)[O-])CC1. The summed E-state index contributed by atoms with van der Waals surface area (Å²) in [5.41, 5.74) is 0.971. The molecule has 3 heterocycles. The molecule has 0 aliphatic carbocycles. The maximum Gasteiger partial charge on any atom is 0.293 e. The van der Waals surface area contributed by atoms with Crippen LogP contribution < -0.4 is 4.90 Å². The minimum atomic E-state index is -0.399. The van der Waals surface area contributed by atoms with Gasteiger partial charge in [-0.1, -0.05) is 6.92 Å². The number of nitro groups is 1. The van der Waals surface area contributed by atoms with Crippen LogP contribution in [-0.4, -0.2) is 60.9 Å². The highest BCUT2D eigenvalue weighted by Crippen LogP contribution is 2.33. The van der Waals surface area contributed by atoms with Crippen LogP contribution in [0.4, 0.5) is 11.4 Å². The van der Waals surface area contributed by atoms with Crippen LogP contribution in [0.25, 0.3) is 0 Å². The zero-order valence-corrected chi connectivity index (χ0v) is 16.9. The van der Waals surface area contributed by atoms with Crippen molar-refractivity contribution in [1.82, 2.24) is 4.90 Å². The predicted octanol–water partition coefficient (Wildman–Crippen LogP) is 3.20. The Morgan fingerprint density at radius 1 is 1.10 bits per heavy atom. The number of rotatable bonds is 4. The number of nitrogens with zero attached hydrogens (tertiary/aromatic N) is 3. The minimum Gasteiger partial charge on any atom is -0.366 e. The van der Waals surface area contributed by atoms with Crippen molar-refractivity contribution >= 4 is 17.3 Å². The van der Waals surface area contributed by atoms with Crippen LogP contribution in [0.15, 0.2) is 18.2 Å². The molecular formula is C21H29N3O5. The van der Waals surface area contributed by atoms with Crippen molar-refractivity contribution in [3.05, 3.63) is 33.9 Å². The van der Waals surface area contributed by atoms with Gasteiger partial charge >= 0.3 is 0 Å². The molecule has 0 aromatic heterocycles. The van der Waals surface area contributed by atoms with E-state index in [2.05, 4.69) is 11.8 Å². The number of likely N-dealkylation sites (tertiary alicyclic amines) is 1. The van der Waals surface area contributed by atoms with Gasteiger partial charge in [-0.25, -0.2) is 0 Å². The van der Waals surface area contributed by atoms with E-state index >= 15 is 0 Å². The molecule has 3 fully saturated rings. The van der Waals surface area contributed by atoms with E-state index in [1.807, 2.05) is 0 Å². The van der Waals surface area contributed by atoms with Gasteiger partial charge in [0.15, 0.2) is 6.29 Å². The monoisotopic (exact) mass is 403 g/mol. The summed E-state index contributed by atoms with van der Waals surface area (Å²) in [6.07, 6.45) is 4.40. The third-order valence-electron chi connectivity index (χ3n) is 6.32. The first-order valence-corrected chi connectivity index (χ1v) is 10.6. The molecule has 0 saturated carbocycles. The Bertz CT molecular complexity index is 757. The van der Waals surface area contributed by atoms with Gasteiger partial charge in [0.25, 0.3) is 11.6 Å². The normalized spacial score (nSPS) is 24.1. The molecule has 8 nitrogen and oxygen atoms in total. The van der Waals surface area contributed by atoms with Gasteiger partial charge in [0, 0.05) is 31.3 Å². The number of ether oxygens (including phenoxy) is 2. The highest BCUT2D eigenvalue weighted by Gasteiger charge is 2.37. The van der Waals surface area contributed by atoms with E-state index in [1.165, 1.54) is 6.07 Å². The van der Waals surface area contributed by atoms with Crippen LogP contribution >= 0.6 is 0 Å². The standard InChI is InChI=1S/C21H29N3O5/c1-15-7-10-22(11-8-15)17-6-5-16(14-19(17)24(26)27)20(25)23-9-3-2-4-18(23)21-28-12-13-29-21/h5-6,14-15,18,21H,2-4,7-13H2,1H3. The zero-order chi connectivity index (χ0) is 20.4. The number of carbonyl (C=O) groups is 1. The molecule has 158 valence electrons. The van der Waals surface area contributed by atoms with Crippen LogP contribution in [0, 0.1) is 16.0 Å². The molecule has 1 aromatic rings. The molecule has 0 bridgehead atoms. The minimum absolute atomic E-state index is 0.00679. The van der Waals surface area contributed by atoms with Gasteiger partial charge in [0.05, 0.1) is 24.2 Å². The first-order valence-electron chi connectivity index (χ1n) is 10.6.